The summed E-state index contributed by atoms with van der Waals surface area (Å²) in [7, 11) is -7.16. The van der Waals surface area contributed by atoms with Crippen molar-refractivity contribution < 1.29 is 60.0 Å². The van der Waals surface area contributed by atoms with Gasteiger partial charge < -0.3 is 48.5 Å². The molecule has 6 aliphatic heterocycles. The number of nitrogens with one attached hydrogen (secondary N) is 4. The largest absolute Gasteiger partial charge is 0.493 e. The second-order valence-corrected chi connectivity index (χ2v) is 42.5. The number of halogens is 2. The lowest BCUT2D eigenvalue weighted by atomic mass is 9.72. The molecule has 694 valence electrons. The highest BCUT2D eigenvalue weighted by Crippen LogP contribution is 2.48. The van der Waals surface area contributed by atoms with Crippen molar-refractivity contribution in [3.8, 4) is 34.5 Å². The van der Waals surface area contributed by atoms with E-state index in [9.17, 15) is 51.4 Å². The number of amides is 3. The third-order valence-electron chi connectivity index (χ3n) is 27.6. The molecule has 3 amide bonds. The van der Waals surface area contributed by atoms with Crippen LogP contribution in [-0.4, -0.2) is 196 Å². The molecular weight excluding hydrogens is 1760 g/mol. The van der Waals surface area contributed by atoms with Gasteiger partial charge in [-0.2, -0.15) is 0 Å². The van der Waals surface area contributed by atoms with E-state index in [1.807, 2.05) is 41.3 Å². The SMILES string of the molecule is CC(=O)N1CCC(C[C@H]2COc3cc(S(=O)(=O)NC(=O)c4ccc(N5CCN(CC6=C(c7ccc(Cl)cc7)CC(C)(C)CC6)CC5)cc4Oc4cnc5[nH]ccc5c4)cc([N+](=O)[O-])c3C2)CC1.CN1CCC(C[C@H]2COc3cc(S(=O)(=O)NC(=O)c4ccc(N5CCN(CC6=C(c7ccc(Cl)cc7)CC(C)(C)CC6)CC5)cc4Oc4cnc5[nH]ccc5c4)cc([N+](=O)[O-])c3C2)CC1. The van der Waals surface area contributed by atoms with E-state index in [1.165, 1.54) is 57.9 Å². The van der Waals surface area contributed by atoms with Gasteiger partial charge in [-0.05, 0) is 240 Å². The number of piperidine rings is 2. The lowest BCUT2D eigenvalue weighted by Gasteiger charge is -2.39. The molecule has 0 unspecified atom stereocenters. The zero-order valence-electron chi connectivity index (χ0n) is 75.2. The van der Waals surface area contributed by atoms with Gasteiger partial charge in [0, 0.05) is 166 Å². The molecule has 10 aromatic rings. The Morgan fingerprint density at radius 1 is 0.523 bits per heavy atom. The minimum absolute atomic E-state index is 0.0124. The number of H-pyrrole nitrogens is 2. The van der Waals surface area contributed by atoms with Crippen LogP contribution in [0.1, 0.15) is 155 Å². The number of carbonyl (C=O) groups excluding carboxylic acids is 3. The number of sulfonamides is 2. The number of anilines is 2. The number of carbonyl (C=O) groups is 3. The third kappa shape index (κ3) is 21.7. The number of aromatic amines is 2. The molecule has 0 saturated carbocycles. The molecule has 8 aliphatic rings. The highest BCUT2D eigenvalue weighted by molar-refractivity contribution is 7.90. The van der Waals surface area contributed by atoms with Crippen LogP contribution in [0.5, 0.6) is 34.5 Å². The summed E-state index contributed by atoms with van der Waals surface area (Å²) in [5.41, 5.74) is 11.5. The van der Waals surface area contributed by atoms with E-state index in [2.05, 4.69) is 113 Å². The van der Waals surface area contributed by atoms with Crippen molar-refractivity contribution >= 4 is 117 Å². The third-order valence-corrected chi connectivity index (χ3v) is 30.8. The second kappa shape index (κ2) is 39.0. The Balaban J connectivity index is 0.000000184. The molecule has 0 radical (unpaired) electrons. The molecule has 2 aliphatic carbocycles. The summed E-state index contributed by atoms with van der Waals surface area (Å²) < 4.78 is 85.0. The van der Waals surface area contributed by atoms with Crippen molar-refractivity contribution in [3.63, 3.8) is 0 Å². The fourth-order valence-electron chi connectivity index (χ4n) is 20.1. The van der Waals surface area contributed by atoms with Gasteiger partial charge in [0.1, 0.15) is 45.8 Å². The van der Waals surface area contributed by atoms with Gasteiger partial charge in [-0.15, -0.1) is 0 Å². The summed E-state index contributed by atoms with van der Waals surface area (Å²) in [6.45, 7) is 22.8. The van der Waals surface area contributed by atoms with Gasteiger partial charge in [-0.1, -0.05) is 86.3 Å². The molecule has 2 atom stereocenters. The van der Waals surface area contributed by atoms with Crippen LogP contribution < -0.4 is 38.2 Å². The van der Waals surface area contributed by atoms with Crippen LogP contribution in [0.4, 0.5) is 22.7 Å². The molecule has 29 nitrogen and oxygen atoms in total. The van der Waals surface area contributed by atoms with Crippen LogP contribution in [0.2, 0.25) is 10.0 Å². The summed E-state index contributed by atoms with van der Waals surface area (Å²) in [6, 6.07) is 38.3. The predicted molar refractivity (Wildman–Crippen MR) is 510 cm³/mol. The van der Waals surface area contributed by atoms with Crippen molar-refractivity contribution in [2.24, 2.45) is 34.5 Å². The van der Waals surface area contributed by atoms with Gasteiger partial charge in [0.05, 0.1) is 67.5 Å². The van der Waals surface area contributed by atoms with E-state index in [-0.39, 0.29) is 80.7 Å². The molecular formula is C99H112Cl2N14O15S2. The molecule has 4 fully saturated rings. The number of nitro groups is 2. The molecule has 4 saturated heterocycles. The molecule has 33 heteroatoms. The molecule has 0 spiro atoms. The summed E-state index contributed by atoms with van der Waals surface area (Å²) >= 11 is 12.5. The zero-order chi connectivity index (χ0) is 92.5. The predicted octanol–water partition coefficient (Wildman–Crippen LogP) is 18.1. The maximum Gasteiger partial charge on any atom is 0.277 e. The lowest BCUT2D eigenvalue weighted by molar-refractivity contribution is -0.386. The molecule has 132 heavy (non-hydrogen) atoms. The maximum atomic E-state index is 14.1. The fourth-order valence-corrected chi connectivity index (χ4v) is 22.3. The normalized spacial score (nSPS) is 19.5. The number of hydrogen-bond donors (Lipinski definition) is 4. The summed E-state index contributed by atoms with van der Waals surface area (Å²) in [6.07, 6.45) is 19.2. The standard InChI is InChI=1S/C50H56ClN7O8S.C49H56ClN7O7S/c1-32(59)56-16-12-33(13-17-56)22-34-23-43-45(58(61)62)26-41(27-46(43)65-31-34)67(63,64)54-49(60)42-9-8-39(25-47(42)66-40-24-36-11-15-52-48(36)53-29-40)57-20-18-55(19-21-57)30-37-10-14-50(2,3)28-44(37)35-4-6-38(51)7-5-35;1-49(2)14-10-36(43(28-49)34-4-6-37(50)7-5-34)30-55-18-20-56(21-19-55)38-8-9-41(46(25-38)64-39-24-35-11-15-51-47(35)52-29-39)48(58)53-65(61,62)40-26-44(57(59)60)42-23-33(31-63-45(42)27-40)22-32-12-16-54(3)17-13-32/h4-9,11,15,24-27,29,33-34H,10,12-14,16-23,28,30-31H2,1-3H3,(H,52,53)(H,54,60);4-9,11,15,24-27,29,32-33H,10,12-14,16-23,28,30-31H2,1-3H3,(H,51,52)(H,53,58)/t34-;33-/m11/s1. The molecule has 0 bridgehead atoms. The number of pyridine rings is 2. The quantitative estimate of drug-likeness (QED) is 0.0322. The Kier molecular flexibility index (Phi) is 27.3. The number of ether oxygens (including phenoxy) is 4. The van der Waals surface area contributed by atoms with Crippen molar-refractivity contribution in [2.45, 2.75) is 134 Å². The molecule has 18 rings (SSSR count). The van der Waals surface area contributed by atoms with Gasteiger partial charge in [0.25, 0.3) is 43.2 Å². The van der Waals surface area contributed by atoms with E-state index in [0.29, 0.717) is 91.4 Å². The number of likely N-dealkylation sites (tertiary alicyclic amines) is 2. The Morgan fingerprint density at radius 2 is 0.924 bits per heavy atom. The van der Waals surface area contributed by atoms with Crippen LogP contribution >= 0.6 is 23.2 Å². The van der Waals surface area contributed by atoms with Crippen molar-refractivity contribution in [1.82, 2.24) is 49.0 Å². The number of hydrogen-bond acceptors (Lipinski definition) is 22. The minimum atomic E-state index is -4.65. The first-order valence-electron chi connectivity index (χ1n) is 45.6. The monoisotopic (exact) mass is 1870 g/mol. The van der Waals surface area contributed by atoms with Crippen molar-refractivity contribution in [1.29, 1.82) is 0 Å². The van der Waals surface area contributed by atoms with Gasteiger partial charge in [-0.3, -0.25) is 44.4 Å². The maximum absolute atomic E-state index is 14.1. The first kappa shape index (κ1) is 92.4. The van der Waals surface area contributed by atoms with Gasteiger partial charge in [0.15, 0.2) is 0 Å². The zero-order valence-corrected chi connectivity index (χ0v) is 78.3. The highest BCUT2D eigenvalue weighted by Gasteiger charge is 2.39. The van der Waals surface area contributed by atoms with E-state index in [1.54, 1.807) is 67.8 Å². The van der Waals surface area contributed by atoms with Gasteiger partial charge in [0.2, 0.25) is 5.91 Å². The first-order valence-corrected chi connectivity index (χ1v) is 49.3. The van der Waals surface area contributed by atoms with Gasteiger partial charge >= 0.3 is 0 Å². The number of rotatable bonds is 24. The summed E-state index contributed by atoms with van der Waals surface area (Å²) in [5, 5.41) is 27.9. The molecule has 10 heterocycles. The van der Waals surface area contributed by atoms with E-state index in [4.69, 9.17) is 42.1 Å². The summed E-state index contributed by atoms with van der Waals surface area (Å²) in [4.78, 5) is 91.3. The molecule has 4 N–H and O–H groups in total. The van der Waals surface area contributed by atoms with Crippen molar-refractivity contribution in [2.75, 3.05) is 122 Å². The second-order valence-electron chi connectivity index (χ2n) is 38.3. The van der Waals surface area contributed by atoms with Crippen LogP contribution in [0.15, 0.2) is 179 Å². The van der Waals surface area contributed by atoms with Crippen LogP contribution in [0.25, 0.3) is 33.2 Å². The topological polar surface area (TPSA) is 344 Å². The smallest absolute Gasteiger partial charge is 0.277 e. The number of allylic oxidation sites excluding steroid dienone is 2. The minimum Gasteiger partial charge on any atom is -0.493 e. The van der Waals surface area contributed by atoms with E-state index >= 15 is 0 Å². The van der Waals surface area contributed by atoms with E-state index in [0.717, 1.165) is 187 Å². The van der Waals surface area contributed by atoms with E-state index < -0.39 is 51.5 Å². The average molecular weight is 1870 g/mol. The van der Waals surface area contributed by atoms with Crippen molar-refractivity contribution in [3.05, 3.63) is 233 Å². The average Bonchev–Trinajstić information content (AvgIpc) is 0.822. The van der Waals surface area contributed by atoms with Crippen LogP contribution in [0.3, 0.4) is 0 Å². The Labute approximate surface area is 779 Å². The Hall–Kier alpha value is -11.5. The van der Waals surface area contributed by atoms with Crippen LogP contribution in [0, 0.1) is 54.7 Å². The van der Waals surface area contributed by atoms with Gasteiger partial charge in [-0.25, -0.2) is 36.2 Å². The number of nitro benzene ring substituents is 2. The lowest BCUT2D eigenvalue weighted by Crippen LogP contribution is -2.47. The first-order chi connectivity index (χ1) is 63.2. The molecule has 4 aromatic heterocycles. The Morgan fingerprint density at radius 3 is 1.32 bits per heavy atom. The number of benzene rings is 6. The summed E-state index contributed by atoms with van der Waals surface area (Å²) in [5.74, 6) is 0.246. The number of fused-ring (bicyclic) bond motifs is 4. The Bertz CT molecular complexity index is 6350. The molecule has 6 aromatic carbocycles. The fraction of sp³-hybridized carbons (Fsp3) is 0.424. The number of aromatic nitrogens is 4. The highest BCUT2D eigenvalue weighted by atomic mass is 35.5. The number of nitrogens with zero attached hydrogens (tertiary/aromatic N) is 10. The van der Waals surface area contributed by atoms with Crippen LogP contribution in [-0.2, 0) is 37.7 Å². The number of piperazine rings is 2.